The molecular formula is C29H30ClNO4S. The minimum Gasteiger partial charge on any atom is -0.362 e. The van der Waals surface area contributed by atoms with E-state index < -0.39 is 15.8 Å². The summed E-state index contributed by atoms with van der Waals surface area (Å²) in [6.45, 7) is 8.27. The Morgan fingerprint density at radius 3 is 1.86 bits per heavy atom. The van der Waals surface area contributed by atoms with Gasteiger partial charge in [0.05, 0.1) is 14.8 Å². The van der Waals surface area contributed by atoms with E-state index in [9.17, 15) is 18.0 Å². The first-order chi connectivity index (χ1) is 16.8. The lowest BCUT2D eigenvalue weighted by Gasteiger charge is -2.44. The number of halogens is 1. The summed E-state index contributed by atoms with van der Waals surface area (Å²) in [5.74, 6) is -0.638. The number of ketones is 2. The average Bonchev–Trinajstić information content (AvgIpc) is 2.77. The molecule has 188 valence electrons. The van der Waals surface area contributed by atoms with Crippen molar-refractivity contribution < 1.29 is 18.0 Å². The molecule has 0 saturated carbocycles. The maximum atomic E-state index is 13.5. The summed E-state index contributed by atoms with van der Waals surface area (Å²) in [6.07, 6.45) is 2.10. The van der Waals surface area contributed by atoms with E-state index in [2.05, 4.69) is 33.0 Å². The second kappa shape index (κ2) is 8.42. The summed E-state index contributed by atoms with van der Waals surface area (Å²) in [4.78, 5) is 27.2. The van der Waals surface area contributed by atoms with Gasteiger partial charge in [-0.1, -0.05) is 63.6 Å². The largest absolute Gasteiger partial charge is 0.362 e. The van der Waals surface area contributed by atoms with Crippen LogP contribution in [0.3, 0.4) is 0 Å². The molecule has 0 bridgehead atoms. The highest BCUT2D eigenvalue weighted by Gasteiger charge is 2.46. The lowest BCUT2D eigenvalue weighted by atomic mass is 9.64. The molecule has 0 saturated heterocycles. The molecule has 0 radical (unpaired) electrons. The Bertz CT molecular complexity index is 1410. The van der Waals surface area contributed by atoms with Gasteiger partial charge in [-0.2, -0.15) is 0 Å². The maximum Gasteiger partial charge on any atom is 0.208 e. The Morgan fingerprint density at radius 1 is 0.806 bits per heavy atom. The van der Waals surface area contributed by atoms with Crippen molar-refractivity contribution in [2.75, 3.05) is 0 Å². The van der Waals surface area contributed by atoms with Crippen molar-refractivity contribution in [3.05, 3.63) is 81.7 Å². The van der Waals surface area contributed by atoms with Gasteiger partial charge >= 0.3 is 0 Å². The number of rotatable bonds is 3. The van der Waals surface area contributed by atoms with Crippen LogP contribution in [-0.4, -0.2) is 20.0 Å². The number of allylic oxidation sites excluding steroid dienone is 4. The lowest BCUT2D eigenvalue weighted by molar-refractivity contribution is -0.119. The molecule has 0 fully saturated rings. The molecule has 3 aliphatic rings. The SMILES string of the molecule is CC1(C)CC(=O)C2=C(C1)NC1=C(C(=O)CC(C)(C)C1)C2c1ccc(Cl)c(S(=O)(=O)c2ccccc2)c1. The molecule has 2 aliphatic carbocycles. The molecule has 1 N–H and O–H groups in total. The zero-order valence-corrected chi connectivity index (χ0v) is 22.5. The Balaban J connectivity index is 1.72. The van der Waals surface area contributed by atoms with E-state index in [1.165, 1.54) is 12.1 Å². The third kappa shape index (κ3) is 4.24. The molecule has 0 aromatic heterocycles. The van der Waals surface area contributed by atoms with E-state index in [1.807, 2.05) is 0 Å². The van der Waals surface area contributed by atoms with E-state index in [0.29, 0.717) is 42.4 Å². The molecule has 7 heteroatoms. The van der Waals surface area contributed by atoms with Crippen LogP contribution >= 0.6 is 11.6 Å². The number of carbonyl (C=O) groups excluding carboxylic acids is 2. The number of hydrogen-bond donors (Lipinski definition) is 1. The molecule has 0 atom stereocenters. The number of Topliss-reactive ketones (excluding diaryl/α,β-unsaturated/α-hetero) is 2. The zero-order valence-electron chi connectivity index (χ0n) is 20.9. The van der Waals surface area contributed by atoms with Gasteiger partial charge in [-0.3, -0.25) is 9.59 Å². The highest BCUT2D eigenvalue weighted by molar-refractivity contribution is 7.91. The fourth-order valence-electron chi connectivity index (χ4n) is 5.85. The fourth-order valence-corrected chi connectivity index (χ4v) is 7.66. The summed E-state index contributed by atoms with van der Waals surface area (Å²) in [7, 11) is -3.90. The summed E-state index contributed by atoms with van der Waals surface area (Å²) >= 11 is 6.43. The predicted molar refractivity (Wildman–Crippen MR) is 139 cm³/mol. The van der Waals surface area contributed by atoms with Crippen molar-refractivity contribution in [3.63, 3.8) is 0 Å². The van der Waals surface area contributed by atoms with E-state index in [-0.39, 0.29) is 37.2 Å². The average molecular weight is 524 g/mol. The smallest absolute Gasteiger partial charge is 0.208 e. The number of carbonyl (C=O) groups is 2. The van der Waals surface area contributed by atoms with Crippen molar-refractivity contribution in [2.45, 2.75) is 69.1 Å². The van der Waals surface area contributed by atoms with Crippen molar-refractivity contribution in [3.8, 4) is 0 Å². The van der Waals surface area contributed by atoms with Gasteiger partial charge in [0, 0.05) is 41.3 Å². The Morgan fingerprint density at radius 2 is 1.33 bits per heavy atom. The van der Waals surface area contributed by atoms with Crippen molar-refractivity contribution in [1.29, 1.82) is 0 Å². The summed E-state index contributed by atoms with van der Waals surface area (Å²) < 4.78 is 27.0. The fraction of sp³-hybridized carbons (Fsp3) is 0.379. The third-order valence-corrected chi connectivity index (χ3v) is 9.60. The standard InChI is InChI=1S/C29H30ClNO4S/c1-28(2)13-20-26(22(32)15-28)25(27-21(31-20)14-29(3,4)16-23(27)33)17-10-11-19(30)24(12-17)36(34,35)18-8-6-5-7-9-18/h5-12,25,31H,13-16H2,1-4H3. The van der Waals surface area contributed by atoms with Crippen LogP contribution in [0.2, 0.25) is 5.02 Å². The molecule has 36 heavy (non-hydrogen) atoms. The van der Waals surface area contributed by atoms with Gasteiger partial charge in [0.15, 0.2) is 11.6 Å². The van der Waals surface area contributed by atoms with Crippen LogP contribution < -0.4 is 5.32 Å². The lowest BCUT2D eigenvalue weighted by Crippen LogP contribution is -2.42. The molecule has 0 spiro atoms. The Kier molecular flexibility index (Phi) is 5.84. The van der Waals surface area contributed by atoms with Gasteiger partial charge in [0.2, 0.25) is 9.84 Å². The van der Waals surface area contributed by atoms with Gasteiger partial charge in [-0.25, -0.2) is 8.42 Å². The van der Waals surface area contributed by atoms with Crippen molar-refractivity contribution >= 4 is 33.0 Å². The zero-order chi connectivity index (χ0) is 26.0. The molecular weight excluding hydrogens is 494 g/mol. The Labute approximate surface area is 217 Å². The number of sulfone groups is 1. The van der Waals surface area contributed by atoms with Crippen LogP contribution in [0.1, 0.15) is 64.9 Å². The summed E-state index contributed by atoms with van der Waals surface area (Å²) in [5, 5.41) is 3.59. The normalized spacial score (nSPS) is 21.7. The second-order valence-corrected chi connectivity index (χ2v) is 14.1. The molecule has 1 heterocycles. The quantitative estimate of drug-likeness (QED) is 0.522. The minimum absolute atomic E-state index is 0.00894. The highest BCUT2D eigenvalue weighted by atomic mass is 35.5. The van der Waals surface area contributed by atoms with Gasteiger partial charge < -0.3 is 5.32 Å². The molecule has 2 aromatic carbocycles. The van der Waals surface area contributed by atoms with E-state index in [0.717, 1.165) is 11.4 Å². The number of dihydropyridines is 1. The van der Waals surface area contributed by atoms with Crippen LogP contribution in [0.4, 0.5) is 0 Å². The molecule has 0 amide bonds. The van der Waals surface area contributed by atoms with Gasteiger partial charge in [-0.15, -0.1) is 0 Å². The molecule has 2 aromatic rings. The third-order valence-electron chi connectivity index (χ3n) is 7.35. The van der Waals surface area contributed by atoms with Crippen LogP contribution in [0, 0.1) is 10.8 Å². The van der Waals surface area contributed by atoms with Crippen molar-refractivity contribution in [2.24, 2.45) is 10.8 Å². The summed E-state index contributed by atoms with van der Waals surface area (Å²) in [6, 6.07) is 13.0. The van der Waals surface area contributed by atoms with E-state index in [1.54, 1.807) is 36.4 Å². The molecule has 1 aliphatic heterocycles. The van der Waals surface area contributed by atoms with E-state index >= 15 is 0 Å². The van der Waals surface area contributed by atoms with Crippen molar-refractivity contribution in [1.82, 2.24) is 5.32 Å². The van der Waals surface area contributed by atoms with Crippen LogP contribution in [-0.2, 0) is 19.4 Å². The summed E-state index contributed by atoms with van der Waals surface area (Å²) in [5.41, 5.74) is 3.01. The predicted octanol–water partition coefficient (Wildman–Crippen LogP) is 6.15. The molecule has 5 rings (SSSR count). The van der Waals surface area contributed by atoms with Gasteiger partial charge in [-0.05, 0) is 53.5 Å². The minimum atomic E-state index is -3.90. The Hall–Kier alpha value is -2.70. The van der Waals surface area contributed by atoms with Crippen LogP contribution in [0.25, 0.3) is 0 Å². The monoisotopic (exact) mass is 523 g/mol. The molecule has 0 unspecified atom stereocenters. The maximum absolute atomic E-state index is 13.5. The van der Waals surface area contributed by atoms with Crippen LogP contribution in [0.15, 0.2) is 80.9 Å². The first-order valence-corrected chi connectivity index (χ1v) is 14.0. The van der Waals surface area contributed by atoms with Gasteiger partial charge in [0.1, 0.15) is 0 Å². The highest BCUT2D eigenvalue weighted by Crippen LogP contribution is 2.51. The number of nitrogens with one attached hydrogen (secondary N) is 1. The van der Waals surface area contributed by atoms with E-state index in [4.69, 9.17) is 11.6 Å². The molecule has 5 nitrogen and oxygen atoms in total. The topological polar surface area (TPSA) is 80.3 Å². The first kappa shape index (κ1) is 25.0. The van der Waals surface area contributed by atoms with Crippen LogP contribution in [0.5, 0.6) is 0 Å². The second-order valence-electron chi connectivity index (χ2n) is 11.7. The number of benzene rings is 2. The van der Waals surface area contributed by atoms with Gasteiger partial charge in [0.25, 0.3) is 0 Å². The first-order valence-electron chi connectivity index (χ1n) is 12.2. The number of hydrogen-bond acceptors (Lipinski definition) is 5.